The van der Waals surface area contributed by atoms with Crippen LogP contribution >= 0.6 is 0 Å². The zero-order valence-electron chi connectivity index (χ0n) is 11.5. The first-order valence-electron chi connectivity index (χ1n) is 7.27. The van der Waals surface area contributed by atoms with Gasteiger partial charge in [-0.3, -0.25) is 4.57 Å². The smallest absolute Gasteiger partial charge is 0.415 e. The van der Waals surface area contributed by atoms with E-state index in [4.69, 9.17) is 5.11 Å². The predicted octanol–water partition coefficient (Wildman–Crippen LogP) is 4.76. The van der Waals surface area contributed by atoms with Gasteiger partial charge in [-0.1, -0.05) is 37.5 Å². The summed E-state index contributed by atoms with van der Waals surface area (Å²) in [5.74, 6) is 0.711. The molecule has 1 N–H and O–H groups in total. The van der Waals surface area contributed by atoms with Crippen LogP contribution in [0, 0.1) is 5.92 Å². The molecule has 0 atom stereocenters. The zero-order chi connectivity index (χ0) is 13.9. The lowest BCUT2D eigenvalue weighted by atomic mass is 9.89. The van der Waals surface area contributed by atoms with Crippen molar-refractivity contribution in [3.05, 3.63) is 42.1 Å². The Kier molecular flexibility index (Phi) is 3.59. The molecule has 2 aromatic rings. The quantitative estimate of drug-likeness (QED) is 0.854. The third-order valence-corrected chi connectivity index (χ3v) is 4.13. The van der Waals surface area contributed by atoms with Crippen molar-refractivity contribution in [1.82, 2.24) is 4.57 Å². The lowest BCUT2D eigenvalue weighted by Gasteiger charge is -2.17. The van der Waals surface area contributed by atoms with Gasteiger partial charge in [0.15, 0.2) is 0 Å². The third-order valence-electron chi connectivity index (χ3n) is 4.13. The summed E-state index contributed by atoms with van der Waals surface area (Å²) in [5.41, 5.74) is 1.89. The van der Waals surface area contributed by atoms with Crippen molar-refractivity contribution < 1.29 is 9.90 Å². The molecule has 3 rings (SSSR count). The van der Waals surface area contributed by atoms with Gasteiger partial charge in [0.2, 0.25) is 0 Å². The lowest BCUT2D eigenvalue weighted by molar-refractivity contribution is 0.197. The van der Waals surface area contributed by atoms with Crippen molar-refractivity contribution in [2.24, 2.45) is 5.92 Å². The molecule has 1 fully saturated rings. The van der Waals surface area contributed by atoms with Gasteiger partial charge in [-0.15, -0.1) is 0 Å². The van der Waals surface area contributed by atoms with Gasteiger partial charge in [-0.05, 0) is 42.5 Å². The van der Waals surface area contributed by atoms with Crippen molar-refractivity contribution in [3.8, 4) is 0 Å². The van der Waals surface area contributed by atoms with Gasteiger partial charge < -0.3 is 5.11 Å². The maximum Gasteiger partial charge on any atom is 0.415 e. The molecule has 1 saturated carbocycles. The fourth-order valence-corrected chi connectivity index (χ4v) is 3.01. The van der Waals surface area contributed by atoms with Crippen molar-refractivity contribution in [1.29, 1.82) is 0 Å². The molecule has 1 aromatic heterocycles. The number of carbonyl (C=O) groups is 1. The monoisotopic (exact) mass is 269 g/mol. The first-order chi connectivity index (χ1) is 9.74. The van der Waals surface area contributed by atoms with Gasteiger partial charge in [0, 0.05) is 11.6 Å². The van der Waals surface area contributed by atoms with Crippen molar-refractivity contribution in [3.63, 3.8) is 0 Å². The van der Waals surface area contributed by atoms with E-state index in [9.17, 15) is 4.79 Å². The molecule has 104 valence electrons. The minimum Gasteiger partial charge on any atom is -0.464 e. The van der Waals surface area contributed by atoms with Gasteiger partial charge in [0.05, 0.1) is 5.52 Å². The number of carboxylic acid groups (broad SMARTS) is 1. The SMILES string of the molecule is O=C(O)n1ccc2cc(/C=C/C3CCCCC3)ccc21. The minimum absolute atomic E-state index is 0.711. The summed E-state index contributed by atoms with van der Waals surface area (Å²) in [7, 11) is 0. The largest absolute Gasteiger partial charge is 0.464 e. The fourth-order valence-electron chi connectivity index (χ4n) is 3.01. The topological polar surface area (TPSA) is 42.2 Å². The maximum atomic E-state index is 11.0. The second-order valence-corrected chi connectivity index (χ2v) is 5.54. The summed E-state index contributed by atoms with van der Waals surface area (Å²) in [6, 6.07) is 7.76. The van der Waals surface area contributed by atoms with Crippen LogP contribution in [0.2, 0.25) is 0 Å². The summed E-state index contributed by atoms with van der Waals surface area (Å²) in [6.45, 7) is 0. The van der Waals surface area contributed by atoms with E-state index in [1.165, 1.54) is 36.7 Å². The van der Waals surface area contributed by atoms with Gasteiger partial charge in [0.1, 0.15) is 0 Å². The molecule has 1 heterocycles. The van der Waals surface area contributed by atoms with Crippen LogP contribution in [0.15, 0.2) is 36.5 Å². The van der Waals surface area contributed by atoms with Gasteiger partial charge >= 0.3 is 6.09 Å². The van der Waals surface area contributed by atoms with Crippen LogP contribution in [0.3, 0.4) is 0 Å². The molecule has 0 saturated heterocycles. The lowest BCUT2D eigenvalue weighted by Crippen LogP contribution is -2.05. The number of fused-ring (bicyclic) bond motifs is 1. The summed E-state index contributed by atoms with van der Waals surface area (Å²) < 4.78 is 1.25. The molecule has 0 unspecified atom stereocenters. The normalized spacial score (nSPS) is 17.0. The Morgan fingerprint density at radius 3 is 2.75 bits per heavy atom. The number of benzene rings is 1. The van der Waals surface area contributed by atoms with Crippen LogP contribution in [0.1, 0.15) is 37.7 Å². The maximum absolute atomic E-state index is 11.0. The van der Waals surface area contributed by atoms with E-state index >= 15 is 0 Å². The predicted molar refractivity (Wildman–Crippen MR) is 81.0 cm³/mol. The summed E-state index contributed by atoms with van der Waals surface area (Å²) in [6.07, 6.45) is 11.8. The molecule has 0 bridgehead atoms. The molecule has 20 heavy (non-hydrogen) atoms. The highest BCUT2D eigenvalue weighted by molar-refractivity contribution is 5.90. The van der Waals surface area contributed by atoms with E-state index in [-0.39, 0.29) is 0 Å². The molecule has 0 spiro atoms. The van der Waals surface area contributed by atoms with E-state index in [0.717, 1.165) is 16.5 Å². The van der Waals surface area contributed by atoms with Crippen LogP contribution in [0.5, 0.6) is 0 Å². The van der Waals surface area contributed by atoms with Crippen LogP contribution in [0.4, 0.5) is 4.79 Å². The van der Waals surface area contributed by atoms with Crippen molar-refractivity contribution in [2.45, 2.75) is 32.1 Å². The number of allylic oxidation sites excluding steroid dienone is 1. The van der Waals surface area contributed by atoms with Crippen LogP contribution in [-0.4, -0.2) is 15.8 Å². The van der Waals surface area contributed by atoms with Gasteiger partial charge in [-0.25, -0.2) is 4.79 Å². The number of rotatable bonds is 2. The molecule has 1 aliphatic rings. The Hall–Kier alpha value is -2.03. The van der Waals surface area contributed by atoms with E-state index in [1.54, 1.807) is 6.20 Å². The first-order valence-corrected chi connectivity index (χ1v) is 7.27. The first kappa shape index (κ1) is 13.0. The number of hydrogen-bond acceptors (Lipinski definition) is 1. The molecule has 3 heteroatoms. The second-order valence-electron chi connectivity index (χ2n) is 5.54. The van der Waals surface area contributed by atoms with E-state index < -0.39 is 6.09 Å². The van der Waals surface area contributed by atoms with Crippen LogP contribution in [-0.2, 0) is 0 Å². The zero-order valence-corrected chi connectivity index (χ0v) is 11.5. The molecular formula is C17H19NO2. The number of nitrogens with zero attached hydrogens (tertiary/aromatic N) is 1. The summed E-state index contributed by atoms with van der Waals surface area (Å²) in [5, 5.41) is 10.0. The minimum atomic E-state index is -0.939. The highest BCUT2D eigenvalue weighted by Gasteiger charge is 2.10. The Morgan fingerprint density at radius 2 is 2.00 bits per heavy atom. The molecule has 0 radical (unpaired) electrons. The highest BCUT2D eigenvalue weighted by Crippen LogP contribution is 2.26. The number of hydrogen-bond donors (Lipinski definition) is 1. The fraction of sp³-hybridized carbons (Fsp3) is 0.353. The molecule has 3 nitrogen and oxygen atoms in total. The average Bonchev–Trinajstić information content (AvgIpc) is 2.89. The summed E-state index contributed by atoms with van der Waals surface area (Å²) in [4.78, 5) is 11.0. The van der Waals surface area contributed by atoms with Crippen LogP contribution in [0.25, 0.3) is 17.0 Å². The Labute approximate surface area is 118 Å². The highest BCUT2D eigenvalue weighted by atomic mass is 16.4. The molecule has 0 aliphatic heterocycles. The van der Waals surface area contributed by atoms with Crippen molar-refractivity contribution in [2.75, 3.05) is 0 Å². The molecule has 1 aliphatic carbocycles. The van der Waals surface area contributed by atoms with Gasteiger partial charge in [-0.2, -0.15) is 0 Å². The molecule has 0 amide bonds. The number of aromatic nitrogens is 1. The van der Waals surface area contributed by atoms with E-state index in [0.29, 0.717) is 5.92 Å². The Morgan fingerprint density at radius 1 is 1.20 bits per heavy atom. The average molecular weight is 269 g/mol. The second kappa shape index (κ2) is 5.53. The van der Waals surface area contributed by atoms with Crippen LogP contribution < -0.4 is 0 Å². The van der Waals surface area contributed by atoms with Crippen molar-refractivity contribution >= 4 is 23.1 Å². The van der Waals surface area contributed by atoms with E-state index in [2.05, 4.69) is 12.2 Å². The molecular weight excluding hydrogens is 250 g/mol. The molecule has 1 aromatic carbocycles. The summed E-state index contributed by atoms with van der Waals surface area (Å²) >= 11 is 0. The Balaban J connectivity index is 1.82. The standard InChI is InChI=1S/C17H19NO2/c19-17(20)18-11-10-15-12-14(8-9-16(15)18)7-6-13-4-2-1-3-5-13/h6-13H,1-5H2,(H,19,20)/b7-6+. The Bertz CT molecular complexity index is 648. The van der Waals surface area contributed by atoms with E-state index in [1.807, 2.05) is 24.3 Å². The third kappa shape index (κ3) is 2.62. The van der Waals surface area contributed by atoms with Gasteiger partial charge in [0.25, 0.3) is 0 Å².